The van der Waals surface area contributed by atoms with Crippen molar-refractivity contribution in [1.82, 2.24) is 29.5 Å². The summed E-state index contributed by atoms with van der Waals surface area (Å²) in [6.45, 7) is 3.77. The highest BCUT2D eigenvalue weighted by atomic mass is 16.2. The minimum Gasteiger partial charge on any atom is -0.347 e. The van der Waals surface area contributed by atoms with Crippen molar-refractivity contribution in [2.24, 2.45) is 18.9 Å². The summed E-state index contributed by atoms with van der Waals surface area (Å²) >= 11 is 0. The lowest BCUT2D eigenvalue weighted by atomic mass is 9.89. The molecule has 2 aliphatic rings. The molecule has 7 heteroatoms. The van der Waals surface area contributed by atoms with Crippen LogP contribution >= 0.6 is 0 Å². The number of fused-ring (bicyclic) bond motifs is 1. The summed E-state index contributed by atoms with van der Waals surface area (Å²) in [5.74, 6) is 1.23. The molecular weight excluding hydrogens is 376 g/mol. The summed E-state index contributed by atoms with van der Waals surface area (Å²) < 4.78 is 1.86. The second kappa shape index (κ2) is 8.07. The molecule has 3 aromatic rings. The number of H-pyrrole nitrogens is 1. The standard InChI is InChI=1S/C23H28N6O/c1-27-20(9-10-26-27)7-8-22(30)29-13-18-12-28(14-19-11-24-16-25-19)15-21(18)23(29)17-5-3-2-4-6-17/h2-6,9-11,16,18,21,23H,7-8,12-15H2,1H3,(H,24,25)/t18-,21-,23+/m0/s1. The Balaban J connectivity index is 1.32. The number of aromatic amines is 1. The predicted octanol–water partition coefficient (Wildman–Crippen LogP) is 2.41. The molecule has 1 N–H and O–H groups in total. The number of likely N-dealkylation sites (tertiary alicyclic amines) is 2. The molecule has 2 fully saturated rings. The molecule has 1 aromatic carbocycles. The zero-order chi connectivity index (χ0) is 20.5. The fourth-order valence-corrected chi connectivity index (χ4v) is 5.24. The topological polar surface area (TPSA) is 70.1 Å². The van der Waals surface area contributed by atoms with Crippen LogP contribution in [-0.2, 0) is 24.8 Å². The highest BCUT2D eigenvalue weighted by molar-refractivity contribution is 5.77. The Hall–Kier alpha value is -2.93. The van der Waals surface area contributed by atoms with Crippen LogP contribution in [0.4, 0.5) is 0 Å². The number of amides is 1. The molecule has 156 valence electrons. The SMILES string of the molecule is Cn1nccc1CCC(=O)N1C[C@@H]2CN(Cc3cnc[nH]3)C[C@@H]2[C@H]1c1ccccc1. The Morgan fingerprint density at radius 2 is 2.03 bits per heavy atom. The highest BCUT2D eigenvalue weighted by Gasteiger charge is 2.48. The first-order valence-electron chi connectivity index (χ1n) is 10.7. The first-order valence-corrected chi connectivity index (χ1v) is 10.7. The van der Waals surface area contributed by atoms with Gasteiger partial charge in [-0.1, -0.05) is 30.3 Å². The summed E-state index contributed by atoms with van der Waals surface area (Å²) in [4.78, 5) is 25.3. The summed E-state index contributed by atoms with van der Waals surface area (Å²) in [5.41, 5.74) is 3.50. The molecule has 0 radical (unpaired) electrons. The van der Waals surface area contributed by atoms with Gasteiger partial charge in [0.15, 0.2) is 0 Å². The number of nitrogens with one attached hydrogen (secondary N) is 1. The Labute approximate surface area is 176 Å². The van der Waals surface area contributed by atoms with Crippen molar-refractivity contribution in [1.29, 1.82) is 0 Å². The molecule has 2 aromatic heterocycles. The van der Waals surface area contributed by atoms with E-state index in [2.05, 4.69) is 49.1 Å². The number of carbonyl (C=O) groups is 1. The zero-order valence-electron chi connectivity index (χ0n) is 17.3. The van der Waals surface area contributed by atoms with E-state index in [-0.39, 0.29) is 11.9 Å². The van der Waals surface area contributed by atoms with Gasteiger partial charge in [-0.05, 0) is 24.0 Å². The van der Waals surface area contributed by atoms with Gasteiger partial charge in [0.1, 0.15) is 0 Å². The van der Waals surface area contributed by atoms with Crippen molar-refractivity contribution < 1.29 is 4.79 Å². The van der Waals surface area contributed by atoms with Crippen LogP contribution in [0.15, 0.2) is 55.1 Å². The van der Waals surface area contributed by atoms with Crippen LogP contribution in [0.2, 0.25) is 0 Å². The molecule has 7 nitrogen and oxygen atoms in total. The lowest BCUT2D eigenvalue weighted by molar-refractivity contribution is -0.132. The fourth-order valence-electron chi connectivity index (χ4n) is 5.24. The van der Waals surface area contributed by atoms with E-state index in [1.807, 2.05) is 30.1 Å². The molecule has 0 bridgehead atoms. The molecular formula is C23H28N6O. The summed E-state index contributed by atoms with van der Waals surface area (Å²) in [5, 5.41) is 4.22. The van der Waals surface area contributed by atoms with Gasteiger partial charge in [-0.25, -0.2) is 4.98 Å². The molecule has 1 amide bonds. The molecule has 0 saturated carbocycles. The van der Waals surface area contributed by atoms with Crippen molar-refractivity contribution in [2.45, 2.75) is 25.4 Å². The first-order chi connectivity index (χ1) is 14.7. The summed E-state index contributed by atoms with van der Waals surface area (Å²) in [6, 6.07) is 12.7. The maximum absolute atomic E-state index is 13.3. The minimum atomic E-state index is 0.155. The quantitative estimate of drug-likeness (QED) is 0.685. The van der Waals surface area contributed by atoms with Gasteiger partial charge >= 0.3 is 0 Å². The Morgan fingerprint density at radius 1 is 1.17 bits per heavy atom. The Bertz CT molecular complexity index is 982. The maximum atomic E-state index is 13.3. The third-order valence-corrected chi connectivity index (χ3v) is 6.67. The predicted molar refractivity (Wildman–Crippen MR) is 113 cm³/mol. The number of hydrogen-bond acceptors (Lipinski definition) is 4. The molecule has 3 atom stereocenters. The van der Waals surface area contributed by atoms with E-state index in [0.717, 1.165) is 44.0 Å². The Kier molecular flexibility index (Phi) is 5.12. The van der Waals surface area contributed by atoms with Gasteiger partial charge in [0.05, 0.1) is 12.4 Å². The molecule has 30 heavy (non-hydrogen) atoms. The third kappa shape index (κ3) is 3.65. The Morgan fingerprint density at radius 3 is 2.77 bits per heavy atom. The zero-order valence-corrected chi connectivity index (χ0v) is 17.3. The van der Waals surface area contributed by atoms with Crippen molar-refractivity contribution >= 4 is 5.91 Å². The minimum absolute atomic E-state index is 0.155. The number of nitrogens with zero attached hydrogens (tertiary/aromatic N) is 5. The van der Waals surface area contributed by atoms with Crippen LogP contribution in [0, 0.1) is 11.8 Å². The monoisotopic (exact) mass is 404 g/mol. The van der Waals surface area contributed by atoms with Crippen LogP contribution in [0.25, 0.3) is 0 Å². The van der Waals surface area contributed by atoms with Gasteiger partial charge in [-0.3, -0.25) is 14.4 Å². The van der Waals surface area contributed by atoms with Crippen LogP contribution in [-0.4, -0.2) is 55.1 Å². The lowest BCUT2D eigenvalue weighted by Gasteiger charge is -2.30. The van der Waals surface area contributed by atoms with E-state index in [9.17, 15) is 4.79 Å². The van der Waals surface area contributed by atoms with E-state index in [0.29, 0.717) is 18.3 Å². The third-order valence-electron chi connectivity index (χ3n) is 6.67. The lowest BCUT2D eigenvalue weighted by Crippen LogP contribution is -2.35. The van der Waals surface area contributed by atoms with E-state index < -0.39 is 0 Å². The smallest absolute Gasteiger partial charge is 0.223 e. The second-order valence-electron chi connectivity index (χ2n) is 8.54. The molecule has 0 spiro atoms. The second-order valence-corrected chi connectivity index (χ2v) is 8.54. The molecule has 0 unspecified atom stereocenters. The van der Waals surface area contributed by atoms with Gasteiger partial charge in [0.25, 0.3) is 0 Å². The van der Waals surface area contributed by atoms with Crippen molar-refractivity contribution in [3.63, 3.8) is 0 Å². The highest BCUT2D eigenvalue weighted by Crippen LogP contribution is 2.45. The van der Waals surface area contributed by atoms with Crippen molar-refractivity contribution in [2.75, 3.05) is 19.6 Å². The van der Waals surface area contributed by atoms with Gasteiger partial charge < -0.3 is 9.88 Å². The molecule has 4 heterocycles. The largest absolute Gasteiger partial charge is 0.347 e. The van der Waals surface area contributed by atoms with E-state index >= 15 is 0 Å². The number of carbonyl (C=O) groups excluding carboxylic acids is 1. The molecule has 2 saturated heterocycles. The van der Waals surface area contributed by atoms with Crippen LogP contribution in [0.1, 0.15) is 29.4 Å². The number of aryl methyl sites for hydroxylation is 2. The molecule has 2 aliphatic heterocycles. The number of imidazole rings is 1. The number of aromatic nitrogens is 4. The van der Waals surface area contributed by atoms with Gasteiger partial charge in [-0.2, -0.15) is 5.10 Å². The number of rotatable bonds is 6. The number of benzene rings is 1. The summed E-state index contributed by atoms with van der Waals surface area (Å²) in [6.07, 6.45) is 6.69. The number of hydrogen-bond donors (Lipinski definition) is 1. The van der Waals surface area contributed by atoms with Crippen molar-refractivity contribution in [3.8, 4) is 0 Å². The fraction of sp³-hybridized carbons (Fsp3) is 0.435. The van der Waals surface area contributed by atoms with Gasteiger partial charge in [0, 0.05) is 69.3 Å². The summed E-state index contributed by atoms with van der Waals surface area (Å²) in [7, 11) is 1.93. The van der Waals surface area contributed by atoms with Gasteiger partial charge in [-0.15, -0.1) is 0 Å². The molecule has 0 aliphatic carbocycles. The van der Waals surface area contributed by atoms with Crippen LogP contribution in [0.5, 0.6) is 0 Å². The average molecular weight is 405 g/mol. The normalized spacial score (nSPS) is 23.8. The van der Waals surface area contributed by atoms with E-state index in [1.54, 1.807) is 12.5 Å². The van der Waals surface area contributed by atoms with Crippen molar-refractivity contribution in [3.05, 3.63) is 72.1 Å². The maximum Gasteiger partial charge on any atom is 0.223 e. The first kappa shape index (κ1) is 19.1. The van der Waals surface area contributed by atoms with Crippen LogP contribution < -0.4 is 0 Å². The molecule has 5 rings (SSSR count). The van der Waals surface area contributed by atoms with Crippen LogP contribution in [0.3, 0.4) is 0 Å². The van der Waals surface area contributed by atoms with E-state index in [4.69, 9.17) is 0 Å². The van der Waals surface area contributed by atoms with Gasteiger partial charge in [0.2, 0.25) is 5.91 Å². The van der Waals surface area contributed by atoms with E-state index in [1.165, 1.54) is 5.56 Å². The average Bonchev–Trinajstić information content (AvgIpc) is 3.52.